The number of rotatable bonds is 6. The summed E-state index contributed by atoms with van der Waals surface area (Å²) in [6.07, 6.45) is 1.20. The molecule has 0 bridgehead atoms. The Balaban J connectivity index is 3.33. The van der Waals surface area contributed by atoms with Gasteiger partial charge in [0.1, 0.15) is 0 Å². The quantitative estimate of drug-likeness (QED) is 0.534. The summed E-state index contributed by atoms with van der Waals surface area (Å²) in [5, 5.41) is 11.3. The predicted molar refractivity (Wildman–Crippen MR) is 52.3 cm³/mol. The fourth-order valence-electron chi connectivity index (χ4n) is 0.800. The first kappa shape index (κ1) is 11.8. The van der Waals surface area contributed by atoms with E-state index < -0.39 is 0 Å². The van der Waals surface area contributed by atoms with E-state index in [4.69, 9.17) is 5.11 Å². The maximum Gasteiger partial charge on any atom is 0.220 e. The average molecular weight is 191 g/mol. The Labute approximate surface area is 79.0 Å². The van der Waals surface area contributed by atoms with Crippen LogP contribution in [0.15, 0.2) is 0 Å². The van der Waals surface area contributed by atoms with Gasteiger partial charge in [0.25, 0.3) is 0 Å². The summed E-state index contributed by atoms with van der Waals surface area (Å²) in [5.74, 6) is 0.967. The minimum absolute atomic E-state index is 0.0368. The number of carbonyl (C=O) groups is 1. The zero-order valence-electron chi connectivity index (χ0n) is 7.42. The SMILES string of the molecule is CC(CCO)CNC(=O)CCS. The number of nitrogens with one attached hydrogen (secondary N) is 1. The van der Waals surface area contributed by atoms with Crippen molar-refractivity contribution in [2.45, 2.75) is 19.8 Å². The maximum absolute atomic E-state index is 10.9. The number of hydrogen-bond acceptors (Lipinski definition) is 3. The van der Waals surface area contributed by atoms with Gasteiger partial charge in [0.05, 0.1) is 0 Å². The number of carbonyl (C=O) groups excluding carboxylic acids is 1. The summed E-state index contributed by atoms with van der Waals surface area (Å²) >= 11 is 3.95. The van der Waals surface area contributed by atoms with Crippen molar-refractivity contribution in [3.8, 4) is 0 Å². The molecule has 0 aromatic rings. The summed E-state index contributed by atoms with van der Waals surface area (Å²) in [6, 6.07) is 0. The molecule has 0 aliphatic carbocycles. The molecule has 4 heteroatoms. The Morgan fingerprint density at radius 3 is 2.83 bits per heavy atom. The van der Waals surface area contributed by atoms with Gasteiger partial charge in [-0.2, -0.15) is 12.6 Å². The Hall–Kier alpha value is -0.220. The highest BCUT2D eigenvalue weighted by Crippen LogP contribution is 1.98. The topological polar surface area (TPSA) is 49.3 Å². The van der Waals surface area contributed by atoms with Gasteiger partial charge in [0, 0.05) is 19.6 Å². The number of amides is 1. The van der Waals surface area contributed by atoms with Crippen LogP contribution in [-0.2, 0) is 4.79 Å². The van der Waals surface area contributed by atoms with E-state index in [9.17, 15) is 4.79 Å². The maximum atomic E-state index is 10.9. The molecule has 0 fully saturated rings. The molecule has 1 atom stereocenters. The predicted octanol–water partition coefficient (Wildman–Crippen LogP) is 0.441. The van der Waals surface area contributed by atoms with Gasteiger partial charge in [-0.3, -0.25) is 4.79 Å². The molecular weight excluding hydrogens is 174 g/mol. The van der Waals surface area contributed by atoms with Gasteiger partial charge in [-0.25, -0.2) is 0 Å². The highest BCUT2D eigenvalue weighted by Gasteiger charge is 2.03. The monoisotopic (exact) mass is 191 g/mol. The first-order valence-electron chi connectivity index (χ1n) is 4.19. The van der Waals surface area contributed by atoms with E-state index in [0.717, 1.165) is 6.42 Å². The van der Waals surface area contributed by atoms with Crippen molar-refractivity contribution in [3.05, 3.63) is 0 Å². The highest BCUT2D eigenvalue weighted by molar-refractivity contribution is 7.80. The van der Waals surface area contributed by atoms with E-state index >= 15 is 0 Å². The van der Waals surface area contributed by atoms with Crippen LogP contribution >= 0.6 is 12.6 Å². The zero-order valence-corrected chi connectivity index (χ0v) is 8.31. The van der Waals surface area contributed by atoms with Crippen LogP contribution in [0.2, 0.25) is 0 Å². The molecule has 0 saturated heterocycles. The fraction of sp³-hybridized carbons (Fsp3) is 0.875. The van der Waals surface area contributed by atoms with E-state index in [1.807, 2.05) is 6.92 Å². The third-order valence-corrected chi connectivity index (χ3v) is 1.83. The molecule has 1 amide bonds. The van der Waals surface area contributed by atoms with Crippen LogP contribution in [0.4, 0.5) is 0 Å². The number of aliphatic hydroxyl groups excluding tert-OH is 1. The number of thiol groups is 1. The molecule has 12 heavy (non-hydrogen) atoms. The van der Waals surface area contributed by atoms with Gasteiger partial charge in [-0.15, -0.1) is 0 Å². The molecule has 0 aliphatic heterocycles. The molecule has 0 aromatic carbocycles. The van der Waals surface area contributed by atoms with Crippen molar-refractivity contribution in [2.24, 2.45) is 5.92 Å². The van der Waals surface area contributed by atoms with Crippen molar-refractivity contribution in [3.63, 3.8) is 0 Å². The standard InChI is InChI=1S/C8H17NO2S/c1-7(2-4-10)6-9-8(11)3-5-12/h7,10,12H,2-6H2,1H3,(H,9,11). The van der Waals surface area contributed by atoms with Crippen LogP contribution in [0.5, 0.6) is 0 Å². The Morgan fingerprint density at radius 2 is 2.33 bits per heavy atom. The third-order valence-electron chi connectivity index (χ3n) is 1.61. The third kappa shape index (κ3) is 6.49. The molecule has 1 unspecified atom stereocenters. The lowest BCUT2D eigenvalue weighted by Gasteiger charge is -2.10. The number of aliphatic hydroxyl groups is 1. The van der Waals surface area contributed by atoms with Crippen molar-refractivity contribution < 1.29 is 9.90 Å². The van der Waals surface area contributed by atoms with Gasteiger partial charge < -0.3 is 10.4 Å². The van der Waals surface area contributed by atoms with E-state index in [0.29, 0.717) is 24.6 Å². The molecule has 3 nitrogen and oxygen atoms in total. The highest BCUT2D eigenvalue weighted by atomic mass is 32.1. The van der Waals surface area contributed by atoms with E-state index in [2.05, 4.69) is 17.9 Å². The Kier molecular flexibility index (Phi) is 7.29. The van der Waals surface area contributed by atoms with Gasteiger partial charge >= 0.3 is 0 Å². The first-order valence-corrected chi connectivity index (χ1v) is 4.82. The molecular formula is C8H17NO2S. The van der Waals surface area contributed by atoms with Crippen LogP contribution in [-0.4, -0.2) is 29.9 Å². The van der Waals surface area contributed by atoms with Gasteiger partial charge in [0.15, 0.2) is 0 Å². The van der Waals surface area contributed by atoms with Crippen LogP contribution < -0.4 is 5.32 Å². The summed E-state index contributed by atoms with van der Waals surface area (Å²) in [7, 11) is 0. The largest absolute Gasteiger partial charge is 0.396 e. The molecule has 0 spiro atoms. The van der Waals surface area contributed by atoms with Crippen LogP contribution in [0, 0.1) is 5.92 Å². The number of hydrogen-bond donors (Lipinski definition) is 3. The molecule has 2 N–H and O–H groups in total. The summed E-state index contributed by atoms with van der Waals surface area (Å²) < 4.78 is 0. The van der Waals surface area contributed by atoms with Gasteiger partial charge in [-0.1, -0.05) is 6.92 Å². The lowest BCUT2D eigenvalue weighted by Crippen LogP contribution is -2.28. The second-order valence-corrected chi connectivity index (χ2v) is 3.34. The first-order chi connectivity index (χ1) is 5.70. The van der Waals surface area contributed by atoms with E-state index in [1.165, 1.54) is 0 Å². The van der Waals surface area contributed by atoms with Crippen molar-refractivity contribution in [2.75, 3.05) is 18.9 Å². The van der Waals surface area contributed by atoms with Crippen molar-refractivity contribution in [1.82, 2.24) is 5.32 Å². The van der Waals surface area contributed by atoms with Gasteiger partial charge in [0.2, 0.25) is 5.91 Å². The van der Waals surface area contributed by atoms with Crippen LogP contribution in [0.25, 0.3) is 0 Å². The second kappa shape index (κ2) is 7.43. The summed E-state index contributed by atoms with van der Waals surface area (Å²) in [5.41, 5.74) is 0. The molecule has 0 aliphatic rings. The molecule has 0 radical (unpaired) electrons. The lowest BCUT2D eigenvalue weighted by atomic mass is 10.1. The minimum Gasteiger partial charge on any atom is -0.396 e. The Morgan fingerprint density at radius 1 is 1.67 bits per heavy atom. The normalized spacial score (nSPS) is 12.6. The average Bonchev–Trinajstić information content (AvgIpc) is 2.02. The van der Waals surface area contributed by atoms with Crippen molar-refractivity contribution >= 4 is 18.5 Å². The smallest absolute Gasteiger partial charge is 0.220 e. The van der Waals surface area contributed by atoms with Crippen LogP contribution in [0.1, 0.15) is 19.8 Å². The molecule has 0 saturated carbocycles. The second-order valence-electron chi connectivity index (χ2n) is 2.90. The fourth-order valence-corrected chi connectivity index (χ4v) is 1.00. The summed E-state index contributed by atoms with van der Waals surface area (Å²) in [4.78, 5) is 10.9. The van der Waals surface area contributed by atoms with Gasteiger partial charge in [-0.05, 0) is 18.1 Å². The molecule has 72 valence electrons. The molecule has 0 heterocycles. The zero-order chi connectivity index (χ0) is 9.40. The molecule has 0 rings (SSSR count). The van der Waals surface area contributed by atoms with E-state index in [1.54, 1.807) is 0 Å². The van der Waals surface area contributed by atoms with Crippen molar-refractivity contribution in [1.29, 1.82) is 0 Å². The van der Waals surface area contributed by atoms with Crippen LogP contribution in [0.3, 0.4) is 0 Å². The Bertz CT molecular complexity index is 130. The minimum atomic E-state index is 0.0368. The lowest BCUT2D eigenvalue weighted by molar-refractivity contribution is -0.120. The van der Waals surface area contributed by atoms with E-state index in [-0.39, 0.29) is 12.5 Å². The summed E-state index contributed by atoms with van der Waals surface area (Å²) in [6.45, 7) is 2.83. The molecule has 0 aromatic heterocycles.